The fourth-order valence-electron chi connectivity index (χ4n) is 3.33. The number of hydrogen-bond donors (Lipinski definition) is 1. The molecule has 1 aliphatic carbocycles. The van der Waals surface area contributed by atoms with E-state index in [1.54, 1.807) is 11.3 Å². The molecule has 0 unspecified atom stereocenters. The number of fused-ring (bicyclic) bond motifs is 3. The lowest BCUT2D eigenvalue weighted by Crippen LogP contribution is -2.32. The molecule has 1 N–H and O–H groups in total. The molecule has 0 bridgehead atoms. The number of nitrogens with one attached hydrogen (secondary N) is 1. The van der Waals surface area contributed by atoms with Crippen molar-refractivity contribution in [1.29, 1.82) is 0 Å². The van der Waals surface area contributed by atoms with Gasteiger partial charge in [0.1, 0.15) is 0 Å². The van der Waals surface area contributed by atoms with Gasteiger partial charge in [-0.3, -0.25) is 4.79 Å². The van der Waals surface area contributed by atoms with Crippen molar-refractivity contribution in [3.05, 3.63) is 68.7 Å². The molecule has 1 aliphatic rings. The Labute approximate surface area is 156 Å². The lowest BCUT2D eigenvalue weighted by Gasteiger charge is -2.13. The molecule has 1 atom stereocenters. The number of carbonyl (C=O) groups is 1. The first-order valence-electron chi connectivity index (χ1n) is 8.75. The zero-order valence-corrected chi connectivity index (χ0v) is 15.9. The molecule has 0 saturated carbocycles. The number of hydrogen-bond acceptors (Lipinski definition) is 3. The Morgan fingerprint density at radius 1 is 1.20 bits per heavy atom. The molecule has 1 aromatic carbocycles. The number of carbonyl (C=O) groups excluding carboxylic acids is 1. The first-order chi connectivity index (χ1) is 12.2. The Balaban J connectivity index is 1.40. The largest absolute Gasteiger partial charge is 0.349 e. The van der Waals surface area contributed by atoms with Crippen LogP contribution in [0, 0.1) is 0 Å². The number of thiophene rings is 2. The summed E-state index contributed by atoms with van der Waals surface area (Å²) in [6.45, 7) is 2.09. The van der Waals surface area contributed by atoms with Gasteiger partial charge in [0.15, 0.2) is 0 Å². The Morgan fingerprint density at radius 2 is 2.04 bits per heavy atom. The van der Waals surface area contributed by atoms with Crippen molar-refractivity contribution in [2.45, 2.75) is 38.6 Å². The average molecular weight is 368 g/mol. The van der Waals surface area contributed by atoms with E-state index in [4.69, 9.17) is 0 Å². The van der Waals surface area contributed by atoms with Crippen molar-refractivity contribution in [2.24, 2.45) is 0 Å². The Hall–Kier alpha value is -1.91. The van der Waals surface area contributed by atoms with Crippen LogP contribution in [-0.2, 0) is 19.3 Å². The third kappa shape index (κ3) is 3.55. The second-order valence-electron chi connectivity index (χ2n) is 6.62. The Morgan fingerprint density at radius 3 is 2.88 bits per heavy atom. The van der Waals surface area contributed by atoms with Crippen LogP contribution in [0.3, 0.4) is 0 Å². The highest BCUT2D eigenvalue weighted by atomic mass is 32.1. The van der Waals surface area contributed by atoms with Gasteiger partial charge in [0, 0.05) is 21.4 Å². The second kappa shape index (κ2) is 7.14. The quantitative estimate of drug-likeness (QED) is 0.649. The minimum absolute atomic E-state index is 0.0664. The molecule has 0 saturated heterocycles. The first-order valence-corrected chi connectivity index (χ1v) is 10.4. The molecule has 0 radical (unpaired) electrons. The number of rotatable bonds is 5. The van der Waals surface area contributed by atoms with Gasteiger partial charge in [-0.25, -0.2) is 0 Å². The SMILES string of the molecule is C[C@@H](CCc1ccccc1)NC(=O)c1cc2c(s1)-c1ccsc1CC2. The Kier molecular flexibility index (Phi) is 4.73. The van der Waals surface area contributed by atoms with Gasteiger partial charge in [-0.15, -0.1) is 22.7 Å². The molecule has 4 rings (SSSR count). The third-order valence-corrected chi connectivity index (χ3v) is 6.92. The van der Waals surface area contributed by atoms with Gasteiger partial charge in [-0.1, -0.05) is 30.3 Å². The van der Waals surface area contributed by atoms with E-state index < -0.39 is 0 Å². The van der Waals surface area contributed by atoms with Crippen molar-refractivity contribution < 1.29 is 4.79 Å². The molecule has 3 aromatic rings. The summed E-state index contributed by atoms with van der Waals surface area (Å²) in [6.07, 6.45) is 4.10. The molecule has 1 amide bonds. The van der Waals surface area contributed by atoms with Crippen LogP contribution < -0.4 is 5.32 Å². The fourth-order valence-corrected chi connectivity index (χ4v) is 5.45. The predicted octanol–water partition coefficient (Wildman–Crippen LogP) is 5.33. The second-order valence-corrected chi connectivity index (χ2v) is 8.67. The zero-order valence-electron chi connectivity index (χ0n) is 14.2. The number of amides is 1. The highest BCUT2D eigenvalue weighted by molar-refractivity contribution is 7.18. The van der Waals surface area contributed by atoms with Crippen LogP contribution in [0.25, 0.3) is 10.4 Å². The minimum Gasteiger partial charge on any atom is -0.349 e. The van der Waals surface area contributed by atoms with Gasteiger partial charge < -0.3 is 5.32 Å². The van der Waals surface area contributed by atoms with Gasteiger partial charge in [0.05, 0.1) is 4.88 Å². The molecule has 0 fully saturated rings. The fraction of sp³-hybridized carbons (Fsp3) is 0.286. The smallest absolute Gasteiger partial charge is 0.261 e. The van der Waals surface area contributed by atoms with Crippen LogP contribution in [0.1, 0.15) is 39.0 Å². The molecular weight excluding hydrogens is 346 g/mol. The van der Waals surface area contributed by atoms with Gasteiger partial charge in [-0.2, -0.15) is 0 Å². The maximum atomic E-state index is 12.6. The van der Waals surface area contributed by atoms with Gasteiger partial charge in [0.25, 0.3) is 5.91 Å². The van der Waals surface area contributed by atoms with Crippen molar-refractivity contribution in [3.8, 4) is 10.4 Å². The highest BCUT2D eigenvalue weighted by Gasteiger charge is 2.22. The van der Waals surface area contributed by atoms with Gasteiger partial charge >= 0.3 is 0 Å². The summed E-state index contributed by atoms with van der Waals surface area (Å²) in [5.41, 5.74) is 3.99. The summed E-state index contributed by atoms with van der Waals surface area (Å²) in [4.78, 5) is 16.2. The van der Waals surface area contributed by atoms with E-state index in [9.17, 15) is 4.79 Å². The molecule has 25 heavy (non-hydrogen) atoms. The van der Waals surface area contributed by atoms with E-state index in [-0.39, 0.29) is 11.9 Å². The van der Waals surface area contributed by atoms with E-state index in [1.165, 1.54) is 26.4 Å². The molecule has 0 aliphatic heterocycles. The van der Waals surface area contributed by atoms with Crippen molar-refractivity contribution in [3.63, 3.8) is 0 Å². The molecule has 4 heteroatoms. The Bertz CT molecular complexity index is 878. The van der Waals surface area contributed by atoms with Crippen LogP contribution in [0.2, 0.25) is 0 Å². The maximum Gasteiger partial charge on any atom is 0.261 e. The standard InChI is InChI=1S/C21H21NOS2/c1-14(7-8-15-5-3-2-4-6-15)22-21(23)19-13-16-9-10-18-17(11-12-24-18)20(16)25-19/h2-6,11-14H,7-10H2,1H3,(H,22,23)/t14-/m0/s1. The van der Waals surface area contributed by atoms with E-state index >= 15 is 0 Å². The summed E-state index contributed by atoms with van der Waals surface area (Å²) >= 11 is 3.47. The highest BCUT2D eigenvalue weighted by Crippen LogP contribution is 2.41. The zero-order chi connectivity index (χ0) is 17.2. The van der Waals surface area contributed by atoms with E-state index in [2.05, 4.69) is 54.0 Å². The minimum atomic E-state index is 0.0664. The van der Waals surface area contributed by atoms with Crippen LogP contribution in [0.5, 0.6) is 0 Å². The topological polar surface area (TPSA) is 29.1 Å². The summed E-state index contributed by atoms with van der Waals surface area (Å²) in [6, 6.07) is 14.9. The molecule has 0 spiro atoms. The lowest BCUT2D eigenvalue weighted by molar-refractivity contribution is 0.0942. The van der Waals surface area contributed by atoms with Crippen LogP contribution in [0.4, 0.5) is 0 Å². The first kappa shape index (κ1) is 16.6. The van der Waals surface area contributed by atoms with Crippen LogP contribution in [0.15, 0.2) is 47.8 Å². The summed E-state index contributed by atoms with van der Waals surface area (Å²) in [5, 5.41) is 5.33. The molecule has 2 heterocycles. The normalized spacial score (nSPS) is 13.8. The van der Waals surface area contributed by atoms with Crippen LogP contribution in [-0.4, -0.2) is 11.9 Å². The monoisotopic (exact) mass is 367 g/mol. The van der Waals surface area contributed by atoms with Crippen molar-refractivity contribution >= 4 is 28.6 Å². The molecule has 2 aromatic heterocycles. The third-order valence-electron chi connectivity index (χ3n) is 4.73. The average Bonchev–Trinajstić information content (AvgIpc) is 3.26. The van der Waals surface area contributed by atoms with E-state index in [0.29, 0.717) is 0 Å². The van der Waals surface area contributed by atoms with Crippen molar-refractivity contribution in [1.82, 2.24) is 5.32 Å². The molecular formula is C21H21NOS2. The summed E-state index contributed by atoms with van der Waals surface area (Å²) < 4.78 is 0. The number of benzene rings is 1. The maximum absolute atomic E-state index is 12.6. The van der Waals surface area contributed by atoms with E-state index in [1.807, 2.05) is 17.4 Å². The van der Waals surface area contributed by atoms with Crippen LogP contribution >= 0.6 is 22.7 Å². The predicted molar refractivity (Wildman–Crippen MR) is 107 cm³/mol. The van der Waals surface area contributed by atoms with Crippen molar-refractivity contribution in [2.75, 3.05) is 0 Å². The van der Waals surface area contributed by atoms with Gasteiger partial charge in [0.2, 0.25) is 0 Å². The molecule has 128 valence electrons. The summed E-state index contributed by atoms with van der Waals surface area (Å²) in [7, 11) is 0. The van der Waals surface area contributed by atoms with E-state index in [0.717, 1.165) is 30.6 Å². The molecule has 2 nitrogen and oxygen atoms in total. The lowest BCUT2D eigenvalue weighted by atomic mass is 9.98. The van der Waals surface area contributed by atoms with Gasteiger partial charge in [-0.05, 0) is 61.2 Å². The summed E-state index contributed by atoms with van der Waals surface area (Å²) in [5.74, 6) is 0.0664. The number of aryl methyl sites for hydroxylation is 3.